The molecule has 0 aliphatic carbocycles. The molecule has 3 aromatic rings. The van der Waals surface area contributed by atoms with E-state index in [9.17, 15) is 4.79 Å². The third kappa shape index (κ3) is 2.38. The second kappa shape index (κ2) is 5.57. The Bertz CT molecular complexity index is 771. The summed E-state index contributed by atoms with van der Waals surface area (Å²) in [4.78, 5) is 13.0. The lowest BCUT2D eigenvalue weighted by Crippen LogP contribution is -2.11. The van der Waals surface area contributed by atoms with Gasteiger partial charge in [0, 0.05) is 35.6 Å². The van der Waals surface area contributed by atoms with Gasteiger partial charge in [-0.15, -0.1) is 0 Å². The van der Waals surface area contributed by atoms with E-state index in [1.54, 1.807) is 0 Å². The highest BCUT2D eigenvalue weighted by Gasteiger charge is 2.23. The maximum absolute atomic E-state index is 13.0. The van der Waals surface area contributed by atoms with Crippen LogP contribution in [0.25, 0.3) is 10.9 Å². The number of ketones is 1. The van der Waals surface area contributed by atoms with Crippen molar-refractivity contribution in [2.45, 2.75) is 19.3 Å². The van der Waals surface area contributed by atoms with Crippen LogP contribution in [0.4, 0.5) is 0 Å². The molecular formula is C19H19NO. The van der Waals surface area contributed by atoms with E-state index >= 15 is 0 Å². The molecule has 1 atom stereocenters. The molecule has 21 heavy (non-hydrogen) atoms. The first kappa shape index (κ1) is 13.6. The highest BCUT2D eigenvalue weighted by molar-refractivity contribution is 6.10. The first-order valence-corrected chi connectivity index (χ1v) is 7.35. The Morgan fingerprint density at radius 3 is 2.43 bits per heavy atom. The number of rotatable bonds is 4. The van der Waals surface area contributed by atoms with Crippen molar-refractivity contribution in [3.8, 4) is 0 Å². The number of nitrogens with zero attached hydrogens (tertiary/aromatic N) is 1. The van der Waals surface area contributed by atoms with E-state index in [2.05, 4.69) is 13.0 Å². The molecular weight excluding hydrogens is 258 g/mol. The van der Waals surface area contributed by atoms with Gasteiger partial charge in [-0.1, -0.05) is 55.5 Å². The molecule has 2 aromatic carbocycles. The molecule has 0 bridgehead atoms. The van der Waals surface area contributed by atoms with Crippen LogP contribution in [0.1, 0.15) is 35.2 Å². The summed E-state index contributed by atoms with van der Waals surface area (Å²) in [5, 5.41) is 1.04. The van der Waals surface area contributed by atoms with Gasteiger partial charge in [0.25, 0.3) is 0 Å². The first-order chi connectivity index (χ1) is 10.2. The van der Waals surface area contributed by atoms with E-state index < -0.39 is 0 Å². The summed E-state index contributed by atoms with van der Waals surface area (Å²) in [5.41, 5.74) is 3.02. The van der Waals surface area contributed by atoms with Gasteiger partial charge < -0.3 is 4.57 Å². The van der Waals surface area contributed by atoms with Crippen LogP contribution < -0.4 is 0 Å². The standard InChI is InChI=1S/C19H19NO/c1-3-15(14-9-5-4-6-10-14)19(21)17-13-20(2)18-12-8-7-11-16(17)18/h4-13,15H,3H2,1-2H3/t15-/m0/s1. The maximum atomic E-state index is 13.0. The van der Waals surface area contributed by atoms with Crippen molar-refractivity contribution >= 4 is 16.7 Å². The zero-order chi connectivity index (χ0) is 14.8. The summed E-state index contributed by atoms with van der Waals surface area (Å²) < 4.78 is 2.03. The third-order valence-corrected chi connectivity index (χ3v) is 4.09. The van der Waals surface area contributed by atoms with Crippen molar-refractivity contribution < 1.29 is 4.79 Å². The second-order valence-corrected chi connectivity index (χ2v) is 5.41. The Balaban J connectivity index is 2.07. The van der Waals surface area contributed by atoms with Gasteiger partial charge in [0.1, 0.15) is 0 Å². The van der Waals surface area contributed by atoms with Gasteiger partial charge in [-0.25, -0.2) is 0 Å². The normalized spacial score (nSPS) is 12.5. The van der Waals surface area contributed by atoms with Gasteiger partial charge in [0.15, 0.2) is 5.78 Å². The molecule has 1 heterocycles. The lowest BCUT2D eigenvalue weighted by Gasteiger charge is -2.13. The van der Waals surface area contributed by atoms with Crippen LogP contribution in [0.15, 0.2) is 60.8 Å². The SMILES string of the molecule is CC[C@H](C(=O)c1cn(C)c2ccccc12)c1ccccc1. The van der Waals surface area contributed by atoms with Crippen LogP contribution in [0.5, 0.6) is 0 Å². The molecule has 3 rings (SSSR count). The number of carbonyl (C=O) groups excluding carboxylic acids is 1. The molecule has 106 valence electrons. The minimum Gasteiger partial charge on any atom is -0.350 e. The second-order valence-electron chi connectivity index (χ2n) is 5.41. The average molecular weight is 277 g/mol. The smallest absolute Gasteiger partial charge is 0.172 e. The van der Waals surface area contributed by atoms with Crippen LogP contribution in [0.3, 0.4) is 0 Å². The Morgan fingerprint density at radius 2 is 1.71 bits per heavy atom. The van der Waals surface area contributed by atoms with E-state index in [-0.39, 0.29) is 11.7 Å². The molecule has 2 heteroatoms. The van der Waals surface area contributed by atoms with Gasteiger partial charge in [-0.3, -0.25) is 4.79 Å². The number of Topliss-reactive ketones (excluding diaryl/α,β-unsaturated/α-hetero) is 1. The molecule has 0 saturated heterocycles. The zero-order valence-electron chi connectivity index (χ0n) is 12.4. The molecule has 0 fully saturated rings. The predicted octanol–water partition coefficient (Wildman–Crippen LogP) is 4.55. The highest BCUT2D eigenvalue weighted by atomic mass is 16.1. The van der Waals surface area contributed by atoms with E-state index in [0.717, 1.165) is 28.5 Å². The number of benzene rings is 2. The molecule has 2 nitrogen and oxygen atoms in total. The number of para-hydroxylation sites is 1. The van der Waals surface area contributed by atoms with Crippen molar-refractivity contribution in [3.05, 3.63) is 71.9 Å². The van der Waals surface area contributed by atoms with Crippen molar-refractivity contribution in [1.29, 1.82) is 0 Å². The number of aryl methyl sites for hydroxylation is 1. The molecule has 0 spiro atoms. The van der Waals surface area contributed by atoms with Crippen LogP contribution in [-0.4, -0.2) is 10.4 Å². The fraction of sp³-hybridized carbons (Fsp3) is 0.211. The minimum absolute atomic E-state index is 0.0722. The Labute approximate surface area is 125 Å². The topological polar surface area (TPSA) is 22.0 Å². The fourth-order valence-corrected chi connectivity index (χ4v) is 2.98. The summed E-state index contributed by atoms with van der Waals surface area (Å²) in [5.74, 6) is 0.137. The largest absolute Gasteiger partial charge is 0.350 e. The number of fused-ring (bicyclic) bond motifs is 1. The van der Waals surface area contributed by atoms with Crippen molar-refractivity contribution in [1.82, 2.24) is 4.57 Å². The first-order valence-electron chi connectivity index (χ1n) is 7.35. The Hall–Kier alpha value is -2.35. The lowest BCUT2D eigenvalue weighted by molar-refractivity contribution is 0.0959. The highest BCUT2D eigenvalue weighted by Crippen LogP contribution is 2.29. The lowest BCUT2D eigenvalue weighted by atomic mass is 9.88. The molecule has 0 saturated carbocycles. The van der Waals surface area contributed by atoms with Gasteiger partial charge in [0.2, 0.25) is 0 Å². The summed E-state index contributed by atoms with van der Waals surface area (Å²) >= 11 is 0. The fourth-order valence-electron chi connectivity index (χ4n) is 2.98. The molecule has 0 radical (unpaired) electrons. The van der Waals surface area contributed by atoms with E-state index in [1.165, 1.54) is 0 Å². The van der Waals surface area contributed by atoms with Crippen LogP contribution in [-0.2, 0) is 7.05 Å². The Kier molecular flexibility index (Phi) is 3.61. The van der Waals surface area contributed by atoms with Crippen LogP contribution >= 0.6 is 0 Å². The number of hydrogen-bond donors (Lipinski definition) is 0. The molecule has 0 aliphatic rings. The summed E-state index contributed by atoms with van der Waals surface area (Å²) in [6, 6.07) is 18.1. The summed E-state index contributed by atoms with van der Waals surface area (Å²) in [6.45, 7) is 2.07. The van der Waals surface area contributed by atoms with E-state index in [0.29, 0.717) is 0 Å². The van der Waals surface area contributed by atoms with Crippen LogP contribution in [0.2, 0.25) is 0 Å². The van der Waals surface area contributed by atoms with Crippen LogP contribution in [0, 0.1) is 0 Å². The molecule has 1 aromatic heterocycles. The number of carbonyl (C=O) groups is 1. The number of aromatic nitrogens is 1. The monoisotopic (exact) mass is 277 g/mol. The molecule has 0 N–H and O–H groups in total. The molecule has 0 aliphatic heterocycles. The average Bonchev–Trinajstić information content (AvgIpc) is 2.87. The van der Waals surface area contributed by atoms with Crippen molar-refractivity contribution in [2.24, 2.45) is 7.05 Å². The van der Waals surface area contributed by atoms with Gasteiger partial charge in [-0.05, 0) is 18.1 Å². The summed E-state index contributed by atoms with van der Waals surface area (Å²) in [6.07, 6.45) is 2.77. The van der Waals surface area contributed by atoms with Gasteiger partial charge >= 0.3 is 0 Å². The van der Waals surface area contributed by atoms with Gasteiger partial charge in [-0.2, -0.15) is 0 Å². The summed E-state index contributed by atoms with van der Waals surface area (Å²) in [7, 11) is 1.99. The van der Waals surface area contributed by atoms with E-state index in [1.807, 2.05) is 66.3 Å². The predicted molar refractivity (Wildman–Crippen MR) is 86.7 cm³/mol. The number of hydrogen-bond acceptors (Lipinski definition) is 1. The van der Waals surface area contributed by atoms with E-state index in [4.69, 9.17) is 0 Å². The van der Waals surface area contributed by atoms with Gasteiger partial charge in [0.05, 0.1) is 0 Å². The van der Waals surface area contributed by atoms with Crippen molar-refractivity contribution in [3.63, 3.8) is 0 Å². The third-order valence-electron chi connectivity index (χ3n) is 4.09. The Morgan fingerprint density at radius 1 is 1.05 bits per heavy atom. The van der Waals surface area contributed by atoms with Crippen molar-refractivity contribution in [2.75, 3.05) is 0 Å². The maximum Gasteiger partial charge on any atom is 0.172 e. The quantitative estimate of drug-likeness (QED) is 0.641. The zero-order valence-corrected chi connectivity index (χ0v) is 12.4. The minimum atomic E-state index is -0.0722. The molecule has 0 unspecified atom stereocenters. The molecule has 0 amide bonds.